The molecule has 0 aromatic heterocycles. The van der Waals surface area contributed by atoms with Gasteiger partial charge in [0.05, 0.1) is 12.0 Å². The molecule has 0 aliphatic heterocycles. The zero-order valence-electron chi connectivity index (χ0n) is 14.2. The third-order valence-electron chi connectivity index (χ3n) is 4.31. The Bertz CT molecular complexity index is 757. The summed E-state index contributed by atoms with van der Waals surface area (Å²) in [6, 6.07) is 16.5. The van der Waals surface area contributed by atoms with Crippen molar-refractivity contribution in [3.63, 3.8) is 0 Å². The molecule has 1 amide bonds. The number of nitrogens with one attached hydrogen (secondary N) is 1. The molecule has 0 saturated heterocycles. The third-order valence-corrected chi connectivity index (χ3v) is 4.56. The molecule has 26 heavy (non-hydrogen) atoms. The average molecular weight is 374 g/mol. The van der Waals surface area contributed by atoms with Crippen molar-refractivity contribution >= 4 is 23.5 Å². The van der Waals surface area contributed by atoms with Crippen LogP contribution in [-0.4, -0.2) is 31.6 Å². The zero-order valence-corrected chi connectivity index (χ0v) is 15.0. The van der Waals surface area contributed by atoms with Gasteiger partial charge in [0.25, 0.3) is 5.91 Å². The summed E-state index contributed by atoms with van der Waals surface area (Å²) >= 11 is 5.80. The van der Waals surface area contributed by atoms with Gasteiger partial charge in [-0.1, -0.05) is 41.9 Å². The van der Waals surface area contributed by atoms with E-state index in [4.69, 9.17) is 21.1 Å². The summed E-state index contributed by atoms with van der Waals surface area (Å²) < 4.78 is 10.7. The molecule has 1 N–H and O–H groups in total. The lowest BCUT2D eigenvalue weighted by Gasteiger charge is -2.14. The molecule has 2 aromatic carbocycles. The van der Waals surface area contributed by atoms with E-state index in [9.17, 15) is 9.59 Å². The molecule has 6 heteroatoms. The lowest BCUT2D eigenvalue weighted by Crippen LogP contribution is -2.34. The SMILES string of the molecule is O=C(COC(=O)C1(c2ccccc2)CC1)NCCOc1ccc(Cl)cc1. The second-order valence-electron chi connectivity index (χ2n) is 6.18. The van der Waals surface area contributed by atoms with Crippen molar-refractivity contribution in [2.45, 2.75) is 18.3 Å². The highest BCUT2D eigenvalue weighted by Crippen LogP contribution is 2.49. The zero-order chi connectivity index (χ0) is 18.4. The molecule has 1 fully saturated rings. The van der Waals surface area contributed by atoms with E-state index in [1.54, 1.807) is 24.3 Å². The van der Waals surface area contributed by atoms with Crippen molar-refractivity contribution in [1.29, 1.82) is 0 Å². The van der Waals surface area contributed by atoms with Gasteiger partial charge in [0.2, 0.25) is 0 Å². The number of rotatable bonds is 8. The summed E-state index contributed by atoms with van der Waals surface area (Å²) in [6.45, 7) is 0.354. The van der Waals surface area contributed by atoms with Crippen LogP contribution in [0.4, 0.5) is 0 Å². The molecule has 1 saturated carbocycles. The van der Waals surface area contributed by atoms with Gasteiger partial charge in [0, 0.05) is 5.02 Å². The Labute approximate surface area is 157 Å². The van der Waals surface area contributed by atoms with Crippen LogP contribution in [-0.2, 0) is 19.7 Å². The summed E-state index contributed by atoms with van der Waals surface area (Å²) in [5.74, 6) is -0.00760. The summed E-state index contributed by atoms with van der Waals surface area (Å²) in [5.41, 5.74) is 0.376. The Kier molecular flexibility index (Phi) is 5.78. The summed E-state index contributed by atoms with van der Waals surface area (Å²) in [4.78, 5) is 24.2. The normalized spacial score (nSPS) is 14.3. The second kappa shape index (κ2) is 8.23. The topological polar surface area (TPSA) is 64.6 Å². The maximum absolute atomic E-state index is 12.3. The minimum absolute atomic E-state index is 0.283. The maximum Gasteiger partial charge on any atom is 0.317 e. The standard InChI is InChI=1S/C20H20ClNO4/c21-16-6-8-17(9-7-16)25-13-12-22-18(23)14-26-19(24)20(10-11-20)15-4-2-1-3-5-15/h1-9H,10-14H2,(H,22,23). The summed E-state index contributed by atoms with van der Waals surface area (Å²) in [6.07, 6.45) is 1.51. The van der Waals surface area contributed by atoms with Gasteiger partial charge in [-0.05, 0) is 42.7 Å². The molecule has 0 heterocycles. The largest absolute Gasteiger partial charge is 0.492 e. The molecular weight excluding hydrogens is 354 g/mol. The third kappa shape index (κ3) is 4.55. The molecule has 0 radical (unpaired) electrons. The van der Waals surface area contributed by atoms with Crippen LogP contribution >= 0.6 is 11.6 Å². The summed E-state index contributed by atoms with van der Waals surface area (Å²) in [5, 5.41) is 3.30. The van der Waals surface area contributed by atoms with Crippen LogP contribution in [0.2, 0.25) is 5.02 Å². The molecular formula is C20H20ClNO4. The molecule has 2 aromatic rings. The highest BCUT2D eigenvalue weighted by molar-refractivity contribution is 6.30. The van der Waals surface area contributed by atoms with Gasteiger partial charge in [-0.2, -0.15) is 0 Å². The molecule has 0 bridgehead atoms. The van der Waals surface area contributed by atoms with Crippen LogP contribution in [0, 0.1) is 0 Å². The van der Waals surface area contributed by atoms with E-state index in [-0.39, 0.29) is 18.5 Å². The van der Waals surface area contributed by atoms with Crippen LogP contribution in [0.15, 0.2) is 54.6 Å². The van der Waals surface area contributed by atoms with Crippen LogP contribution in [0.1, 0.15) is 18.4 Å². The van der Waals surface area contributed by atoms with Crippen molar-refractivity contribution in [3.8, 4) is 5.75 Å². The number of carbonyl (C=O) groups is 2. The molecule has 0 atom stereocenters. The van der Waals surface area contributed by atoms with Crippen molar-refractivity contribution in [1.82, 2.24) is 5.32 Å². The highest BCUT2D eigenvalue weighted by atomic mass is 35.5. The van der Waals surface area contributed by atoms with Gasteiger partial charge in [0.1, 0.15) is 12.4 Å². The average Bonchev–Trinajstić information content (AvgIpc) is 3.47. The molecule has 0 unspecified atom stereocenters. The van der Waals surface area contributed by atoms with E-state index < -0.39 is 5.41 Å². The Morgan fingerprint density at radius 2 is 1.73 bits per heavy atom. The Morgan fingerprint density at radius 3 is 2.38 bits per heavy atom. The maximum atomic E-state index is 12.3. The van der Waals surface area contributed by atoms with Crippen LogP contribution in [0.5, 0.6) is 5.75 Å². The Morgan fingerprint density at radius 1 is 1.04 bits per heavy atom. The second-order valence-corrected chi connectivity index (χ2v) is 6.61. The van der Waals surface area contributed by atoms with Crippen molar-refractivity contribution in [3.05, 3.63) is 65.2 Å². The minimum Gasteiger partial charge on any atom is -0.492 e. The van der Waals surface area contributed by atoms with Gasteiger partial charge >= 0.3 is 5.97 Å². The molecule has 3 rings (SSSR count). The highest BCUT2D eigenvalue weighted by Gasteiger charge is 2.52. The van der Waals surface area contributed by atoms with E-state index in [0.29, 0.717) is 23.9 Å². The van der Waals surface area contributed by atoms with E-state index in [0.717, 1.165) is 18.4 Å². The Hall–Kier alpha value is -2.53. The number of hydrogen-bond acceptors (Lipinski definition) is 4. The van der Waals surface area contributed by atoms with E-state index in [1.165, 1.54) is 0 Å². The van der Waals surface area contributed by atoms with Crippen molar-refractivity contribution < 1.29 is 19.1 Å². The minimum atomic E-state index is -0.570. The smallest absolute Gasteiger partial charge is 0.317 e. The quantitative estimate of drug-likeness (QED) is 0.570. The number of carbonyl (C=O) groups excluding carboxylic acids is 2. The van der Waals surface area contributed by atoms with Crippen LogP contribution < -0.4 is 10.1 Å². The number of esters is 1. The van der Waals surface area contributed by atoms with Crippen LogP contribution in [0.25, 0.3) is 0 Å². The first-order valence-electron chi connectivity index (χ1n) is 8.48. The monoisotopic (exact) mass is 373 g/mol. The molecule has 0 spiro atoms. The fourth-order valence-corrected chi connectivity index (χ4v) is 2.83. The lowest BCUT2D eigenvalue weighted by atomic mass is 9.96. The number of halogens is 1. The van der Waals surface area contributed by atoms with Gasteiger partial charge in [-0.3, -0.25) is 9.59 Å². The lowest BCUT2D eigenvalue weighted by molar-refractivity contribution is -0.151. The first-order chi connectivity index (χ1) is 12.6. The van der Waals surface area contributed by atoms with Gasteiger partial charge in [-0.25, -0.2) is 0 Å². The number of ether oxygens (including phenoxy) is 2. The number of hydrogen-bond donors (Lipinski definition) is 1. The fourth-order valence-electron chi connectivity index (χ4n) is 2.70. The van der Waals surface area contributed by atoms with Gasteiger partial charge < -0.3 is 14.8 Å². The van der Waals surface area contributed by atoms with Crippen molar-refractivity contribution in [2.75, 3.05) is 19.8 Å². The first kappa shape index (κ1) is 18.3. The number of amides is 1. The molecule has 1 aliphatic rings. The fraction of sp³-hybridized carbons (Fsp3) is 0.300. The number of benzene rings is 2. The molecule has 5 nitrogen and oxygen atoms in total. The summed E-state index contributed by atoms with van der Waals surface area (Å²) in [7, 11) is 0. The predicted molar refractivity (Wildman–Crippen MR) is 98.3 cm³/mol. The van der Waals surface area contributed by atoms with E-state index in [2.05, 4.69) is 5.32 Å². The van der Waals surface area contributed by atoms with Crippen LogP contribution in [0.3, 0.4) is 0 Å². The van der Waals surface area contributed by atoms with E-state index >= 15 is 0 Å². The van der Waals surface area contributed by atoms with Crippen molar-refractivity contribution in [2.24, 2.45) is 0 Å². The van der Waals surface area contributed by atoms with Gasteiger partial charge in [0.15, 0.2) is 6.61 Å². The first-order valence-corrected chi connectivity index (χ1v) is 8.86. The molecule has 136 valence electrons. The predicted octanol–water partition coefficient (Wildman–Crippen LogP) is 3.11. The molecule has 1 aliphatic carbocycles. The Balaban J connectivity index is 1.36. The van der Waals surface area contributed by atoms with Gasteiger partial charge in [-0.15, -0.1) is 0 Å². The van der Waals surface area contributed by atoms with E-state index in [1.807, 2.05) is 30.3 Å².